The van der Waals surface area contributed by atoms with E-state index in [1.807, 2.05) is 23.9 Å². The summed E-state index contributed by atoms with van der Waals surface area (Å²) in [4.78, 5) is 26.1. The maximum atomic E-state index is 12.1. The van der Waals surface area contributed by atoms with Crippen LogP contribution in [-0.2, 0) is 16.1 Å². The van der Waals surface area contributed by atoms with Gasteiger partial charge in [-0.05, 0) is 42.7 Å². The third-order valence-corrected chi connectivity index (χ3v) is 5.66. The van der Waals surface area contributed by atoms with Gasteiger partial charge in [-0.25, -0.2) is 4.68 Å². The largest absolute Gasteiger partial charge is 0.481 e. The molecule has 2 fully saturated rings. The Morgan fingerprint density at radius 3 is 2.88 bits per heavy atom. The van der Waals surface area contributed by atoms with Crippen LogP contribution in [0.4, 0.5) is 0 Å². The number of carboxylic acids is 1. The van der Waals surface area contributed by atoms with E-state index in [9.17, 15) is 14.7 Å². The van der Waals surface area contributed by atoms with E-state index in [2.05, 4.69) is 34.4 Å². The first-order valence-electron chi connectivity index (χ1n) is 8.74. The lowest BCUT2D eigenvalue weighted by molar-refractivity contribution is -0.149. The molecular formula is C19H22N4O3. The summed E-state index contributed by atoms with van der Waals surface area (Å²) in [6.07, 6.45) is 3.65. The summed E-state index contributed by atoms with van der Waals surface area (Å²) in [6.45, 7) is 5.75. The molecule has 1 aromatic carbocycles. The summed E-state index contributed by atoms with van der Waals surface area (Å²) in [7, 11) is 0. The number of carbonyl (C=O) groups excluding carboxylic acids is 1. The maximum absolute atomic E-state index is 12.1. The van der Waals surface area contributed by atoms with Crippen molar-refractivity contribution in [3.63, 3.8) is 0 Å². The zero-order valence-electron chi connectivity index (χ0n) is 14.9. The summed E-state index contributed by atoms with van der Waals surface area (Å²) >= 11 is 0. The average molecular weight is 354 g/mol. The van der Waals surface area contributed by atoms with Gasteiger partial charge < -0.3 is 10.4 Å². The number of amides is 1. The maximum Gasteiger partial charge on any atom is 0.313 e. The Balaban J connectivity index is 1.67. The zero-order valence-corrected chi connectivity index (χ0v) is 14.9. The number of nitrogens with zero attached hydrogens (tertiary/aromatic N) is 3. The second-order valence-corrected chi connectivity index (χ2v) is 7.43. The van der Waals surface area contributed by atoms with E-state index in [-0.39, 0.29) is 12.5 Å². The van der Waals surface area contributed by atoms with Gasteiger partial charge in [-0.2, -0.15) is 5.10 Å². The van der Waals surface area contributed by atoms with Crippen LogP contribution < -0.4 is 5.32 Å². The second kappa shape index (κ2) is 5.95. The number of hydrogen-bond acceptors (Lipinski definition) is 4. The molecule has 1 amide bonds. The van der Waals surface area contributed by atoms with Crippen molar-refractivity contribution >= 4 is 11.9 Å². The highest BCUT2D eigenvalue weighted by molar-refractivity contribution is 5.92. The van der Waals surface area contributed by atoms with E-state index in [1.54, 1.807) is 6.20 Å². The fourth-order valence-corrected chi connectivity index (χ4v) is 4.32. The van der Waals surface area contributed by atoms with E-state index in [4.69, 9.17) is 0 Å². The van der Waals surface area contributed by atoms with E-state index in [0.717, 1.165) is 22.4 Å². The minimum atomic E-state index is -1.01. The Labute approximate surface area is 151 Å². The van der Waals surface area contributed by atoms with Crippen molar-refractivity contribution in [2.24, 2.45) is 11.3 Å². The van der Waals surface area contributed by atoms with Crippen LogP contribution in [0.3, 0.4) is 0 Å². The molecule has 7 nitrogen and oxygen atoms in total. The molecule has 2 N–H and O–H groups in total. The molecule has 7 heteroatoms. The first-order chi connectivity index (χ1) is 12.4. The van der Waals surface area contributed by atoms with Crippen molar-refractivity contribution in [1.82, 2.24) is 20.0 Å². The lowest BCUT2D eigenvalue weighted by Crippen LogP contribution is -2.40. The van der Waals surface area contributed by atoms with Crippen LogP contribution in [0.2, 0.25) is 0 Å². The highest BCUT2D eigenvalue weighted by atomic mass is 16.4. The molecule has 26 heavy (non-hydrogen) atoms. The van der Waals surface area contributed by atoms with Crippen molar-refractivity contribution < 1.29 is 14.7 Å². The summed E-state index contributed by atoms with van der Waals surface area (Å²) in [6, 6.07) is 6.09. The highest BCUT2D eigenvalue weighted by Crippen LogP contribution is 2.41. The minimum Gasteiger partial charge on any atom is -0.481 e. The van der Waals surface area contributed by atoms with Gasteiger partial charge in [0, 0.05) is 38.6 Å². The third kappa shape index (κ3) is 2.50. The van der Waals surface area contributed by atoms with E-state index in [1.165, 1.54) is 0 Å². The summed E-state index contributed by atoms with van der Waals surface area (Å²) < 4.78 is 1.84. The number of benzene rings is 1. The molecule has 0 bridgehead atoms. The van der Waals surface area contributed by atoms with Crippen LogP contribution in [0, 0.1) is 25.2 Å². The molecule has 0 spiro atoms. The SMILES string of the molecule is Cc1cc(C)c(CN2C[C@H]3C(=O)NC[C@@]3(C(=O)O)C2)c(-n2cccn2)c1. The molecule has 0 radical (unpaired) electrons. The highest BCUT2D eigenvalue weighted by Gasteiger charge is 2.59. The monoisotopic (exact) mass is 354 g/mol. The van der Waals surface area contributed by atoms with Crippen molar-refractivity contribution in [3.05, 3.63) is 47.3 Å². The van der Waals surface area contributed by atoms with Crippen molar-refractivity contribution in [1.29, 1.82) is 0 Å². The fourth-order valence-electron chi connectivity index (χ4n) is 4.32. The zero-order chi connectivity index (χ0) is 18.5. The molecular weight excluding hydrogens is 332 g/mol. The van der Waals surface area contributed by atoms with Gasteiger partial charge in [0.05, 0.1) is 11.6 Å². The smallest absolute Gasteiger partial charge is 0.313 e. The number of aliphatic carboxylic acids is 1. The summed E-state index contributed by atoms with van der Waals surface area (Å²) in [5.41, 5.74) is 3.39. The van der Waals surface area contributed by atoms with Gasteiger partial charge in [-0.15, -0.1) is 0 Å². The Morgan fingerprint density at radius 1 is 1.42 bits per heavy atom. The van der Waals surface area contributed by atoms with Crippen LogP contribution in [-0.4, -0.2) is 51.3 Å². The van der Waals surface area contributed by atoms with Gasteiger partial charge in [0.25, 0.3) is 0 Å². The van der Waals surface area contributed by atoms with Crippen LogP contribution in [0.25, 0.3) is 5.69 Å². The molecule has 2 saturated heterocycles. The summed E-state index contributed by atoms with van der Waals surface area (Å²) in [5, 5.41) is 16.8. The minimum absolute atomic E-state index is 0.150. The Hall–Kier alpha value is -2.67. The molecule has 2 aliphatic rings. The molecule has 2 atom stereocenters. The van der Waals surface area contributed by atoms with E-state index in [0.29, 0.717) is 19.6 Å². The molecule has 3 heterocycles. The number of rotatable bonds is 4. The lowest BCUT2D eigenvalue weighted by Gasteiger charge is -2.23. The van der Waals surface area contributed by atoms with Gasteiger partial charge in [-0.3, -0.25) is 14.5 Å². The number of hydrogen-bond donors (Lipinski definition) is 2. The molecule has 2 aliphatic heterocycles. The van der Waals surface area contributed by atoms with Crippen LogP contribution >= 0.6 is 0 Å². The Kier molecular flexibility index (Phi) is 3.84. The number of aromatic nitrogens is 2. The average Bonchev–Trinajstić information content (AvgIpc) is 3.28. The van der Waals surface area contributed by atoms with Crippen molar-refractivity contribution in [3.8, 4) is 5.69 Å². The quantitative estimate of drug-likeness (QED) is 0.859. The van der Waals surface area contributed by atoms with E-state index >= 15 is 0 Å². The molecule has 136 valence electrons. The molecule has 2 aromatic rings. The van der Waals surface area contributed by atoms with Gasteiger partial charge in [0.15, 0.2) is 0 Å². The van der Waals surface area contributed by atoms with Crippen molar-refractivity contribution in [2.45, 2.75) is 20.4 Å². The van der Waals surface area contributed by atoms with E-state index < -0.39 is 17.3 Å². The number of carboxylic acid groups (broad SMARTS) is 1. The molecule has 0 unspecified atom stereocenters. The molecule has 1 aromatic heterocycles. The van der Waals surface area contributed by atoms with Crippen LogP contribution in [0.5, 0.6) is 0 Å². The molecule has 0 aliphatic carbocycles. The number of likely N-dealkylation sites (tertiary alicyclic amines) is 1. The molecule has 0 saturated carbocycles. The fraction of sp³-hybridized carbons (Fsp3) is 0.421. The van der Waals surface area contributed by atoms with Crippen LogP contribution in [0.1, 0.15) is 16.7 Å². The third-order valence-electron chi connectivity index (χ3n) is 5.66. The first kappa shape index (κ1) is 16.8. The number of carbonyl (C=O) groups is 2. The topological polar surface area (TPSA) is 87.5 Å². The predicted octanol–water partition coefficient (Wildman–Crippen LogP) is 1.12. The number of aryl methyl sites for hydroxylation is 2. The molecule has 4 rings (SSSR count). The van der Waals surface area contributed by atoms with Gasteiger partial charge in [0.1, 0.15) is 5.41 Å². The first-order valence-corrected chi connectivity index (χ1v) is 8.74. The second-order valence-electron chi connectivity index (χ2n) is 7.43. The normalized spacial score (nSPS) is 25.3. The standard InChI is InChI=1S/C19H22N4O3/c1-12-6-13(2)14(16(7-12)23-5-3-4-21-23)8-22-9-15-17(24)20-10-19(15,11-22)18(25)26/h3-7,15H,8-11H2,1-2H3,(H,20,24)(H,25,26)/t15-,19+/m0/s1. The van der Waals surface area contributed by atoms with Gasteiger partial charge in [-0.1, -0.05) is 6.07 Å². The van der Waals surface area contributed by atoms with Gasteiger partial charge >= 0.3 is 5.97 Å². The summed E-state index contributed by atoms with van der Waals surface area (Å²) in [5.74, 6) is -1.53. The Morgan fingerprint density at radius 2 is 2.23 bits per heavy atom. The number of nitrogens with one attached hydrogen (secondary N) is 1. The lowest BCUT2D eigenvalue weighted by atomic mass is 9.81. The van der Waals surface area contributed by atoms with Crippen LogP contribution in [0.15, 0.2) is 30.6 Å². The number of fused-ring (bicyclic) bond motifs is 1. The predicted molar refractivity (Wildman–Crippen MR) is 94.9 cm³/mol. The Bertz CT molecular complexity index is 877. The van der Waals surface area contributed by atoms with Gasteiger partial charge in [0.2, 0.25) is 5.91 Å². The van der Waals surface area contributed by atoms with Crippen molar-refractivity contribution in [2.75, 3.05) is 19.6 Å².